The molecule has 5 heteroatoms. The standard InChI is InChI=1S/C6H15O2PSe2/c1-3-5-7-9(10,11)8-6-4-2/h3-6H2,1-2H3,(H,10,11)/p-1. The first kappa shape index (κ1) is 12.4. The second kappa shape index (κ2) is 6.86. The molecule has 2 nitrogen and oxygen atoms in total. The molecular weight excluding hydrogens is 293 g/mol. The molecule has 0 bridgehead atoms. The molecule has 0 aliphatic heterocycles. The molecular formula is C6H14O2PSe2-. The number of rotatable bonds is 6. The molecule has 11 heavy (non-hydrogen) atoms. The van der Waals surface area contributed by atoms with Crippen molar-refractivity contribution in [3.8, 4) is 0 Å². The van der Waals surface area contributed by atoms with E-state index in [1.165, 1.54) is 0 Å². The summed E-state index contributed by atoms with van der Waals surface area (Å²) >= 11 is 5.87. The summed E-state index contributed by atoms with van der Waals surface area (Å²) in [6.45, 7) is 5.69. The van der Waals surface area contributed by atoms with Crippen molar-refractivity contribution in [3.05, 3.63) is 0 Å². The summed E-state index contributed by atoms with van der Waals surface area (Å²) < 4.78 is 9.19. The summed E-state index contributed by atoms with van der Waals surface area (Å²) in [5.74, 6) is 0. The average molecular weight is 307 g/mol. The van der Waals surface area contributed by atoms with Crippen molar-refractivity contribution < 1.29 is 9.05 Å². The van der Waals surface area contributed by atoms with Crippen LogP contribution in [0.15, 0.2) is 0 Å². The Bertz CT molecular complexity index is 129. The second-order valence-electron chi connectivity index (χ2n) is 2.11. The van der Waals surface area contributed by atoms with Gasteiger partial charge in [-0.15, -0.1) is 0 Å². The third kappa shape index (κ3) is 7.74. The van der Waals surface area contributed by atoms with Gasteiger partial charge in [0.1, 0.15) is 0 Å². The molecule has 0 heterocycles. The van der Waals surface area contributed by atoms with Crippen LogP contribution in [0.1, 0.15) is 26.7 Å². The van der Waals surface area contributed by atoms with Crippen molar-refractivity contribution in [3.63, 3.8) is 0 Å². The van der Waals surface area contributed by atoms with Crippen LogP contribution in [0.3, 0.4) is 0 Å². The van der Waals surface area contributed by atoms with Crippen molar-refractivity contribution in [2.24, 2.45) is 0 Å². The van der Waals surface area contributed by atoms with E-state index in [4.69, 9.17) is 9.05 Å². The quantitative estimate of drug-likeness (QED) is 0.551. The van der Waals surface area contributed by atoms with Gasteiger partial charge in [-0.1, -0.05) is 0 Å². The van der Waals surface area contributed by atoms with Crippen LogP contribution >= 0.6 is 4.65 Å². The fourth-order valence-corrected chi connectivity index (χ4v) is 3.21. The van der Waals surface area contributed by atoms with Gasteiger partial charge in [-0.05, 0) is 0 Å². The van der Waals surface area contributed by atoms with Gasteiger partial charge in [0.05, 0.1) is 0 Å². The van der Waals surface area contributed by atoms with E-state index in [-0.39, 0.29) is 0 Å². The summed E-state index contributed by atoms with van der Waals surface area (Å²) in [6, 6.07) is 0. The van der Waals surface area contributed by atoms with E-state index in [1.54, 1.807) is 0 Å². The minimum atomic E-state index is -1.73. The first-order valence-corrected chi connectivity index (χ1v) is 9.78. The summed E-state index contributed by atoms with van der Waals surface area (Å²) in [4.78, 5) is 0. The van der Waals surface area contributed by atoms with Gasteiger partial charge in [0.25, 0.3) is 0 Å². The molecule has 0 saturated carbocycles. The van der Waals surface area contributed by atoms with Gasteiger partial charge in [-0.3, -0.25) is 0 Å². The molecule has 0 aromatic carbocycles. The van der Waals surface area contributed by atoms with Crippen LogP contribution in [0.25, 0.3) is 0 Å². The second-order valence-corrected chi connectivity index (χ2v) is 13.1. The van der Waals surface area contributed by atoms with E-state index in [2.05, 4.69) is 44.5 Å². The topological polar surface area (TPSA) is 18.5 Å². The molecule has 0 spiro atoms. The molecule has 0 aliphatic carbocycles. The zero-order chi connectivity index (χ0) is 8.74. The van der Waals surface area contributed by atoms with Crippen molar-refractivity contribution >= 4 is 35.3 Å². The predicted octanol–water partition coefficient (Wildman–Crippen LogP) is 1.85. The summed E-state index contributed by atoms with van der Waals surface area (Å²) in [6.07, 6.45) is 2.06. The third-order valence-electron chi connectivity index (χ3n) is 0.907. The zero-order valence-corrected chi connectivity index (χ0v) is 11.2. The van der Waals surface area contributed by atoms with Gasteiger partial charge in [-0.2, -0.15) is 0 Å². The Hall–Kier alpha value is 1.39. The summed E-state index contributed by atoms with van der Waals surface area (Å²) in [7, 11) is 0. The molecule has 0 unspecified atom stereocenters. The van der Waals surface area contributed by atoms with E-state index in [9.17, 15) is 0 Å². The summed E-state index contributed by atoms with van der Waals surface area (Å²) in [5.41, 5.74) is 0. The Morgan fingerprint density at radius 1 is 1.18 bits per heavy atom. The van der Waals surface area contributed by atoms with Crippen LogP contribution in [-0.4, -0.2) is 43.9 Å². The Morgan fingerprint density at radius 2 is 1.55 bits per heavy atom. The Kier molecular flexibility index (Phi) is 7.72. The van der Waals surface area contributed by atoms with Crippen LogP contribution in [0.5, 0.6) is 0 Å². The van der Waals surface area contributed by atoms with Crippen LogP contribution in [0.2, 0.25) is 0 Å². The number of hydrogen-bond acceptors (Lipinski definition) is 2. The van der Waals surface area contributed by atoms with Gasteiger partial charge in [0.15, 0.2) is 0 Å². The Balaban J connectivity index is 3.53. The molecule has 0 radical (unpaired) electrons. The molecule has 68 valence electrons. The SMILES string of the molecule is CCCOP(=[Se])([Se-])OCCC. The minimum absolute atomic E-state index is 0.761. The molecule has 0 aromatic heterocycles. The van der Waals surface area contributed by atoms with Gasteiger partial charge in [0, 0.05) is 0 Å². The fourth-order valence-electron chi connectivity index (χ4n) is 0.443. The molecule has 0 amide bonds. The summed E-state index contributed by atoms with van der Waals surface area (Å²) in [5, 5.41) is 0. The van der Waals surface area contributed by atoms with E-state index in [1.807, 2.05) is 0 Å². The fraction of sp³-hybridized carbons (Fsp3) is 1.00. The van der Waals surface area contributed by atoms with Crippen LogP contribution < -0.4 is 0 Å². The van der Waals surface area contributed by atoms with Crippen molar-refractivity contribution in [1.29, 1.82) is 0 Å². The molecule has 0 rings (SSSR count). The molecule has 0 fully saturated rings. The number of hydrogen-bond donors (Lipinski definition) is 0. The van der Waals surface area contributed by atoms with Crippen LogP contribution in [-0.2, 0) is 9.05 Å². The van der Waals surface area contributed by atoms with Gasteiger partial charge in [-0.25, -0.2) is 0 Å². The normalized spacial score (nSPS) is 11.9. The molecule has 0 atom stereocenters. The predicted molar refractivity (Wildman–Crippen MR) is 50.9 cm³/mol. The molecule has 0 aromatic rings. The maximum absolute atomic E-state index is 5.46. The third-order valence-corrected chi connectivity index (χ3v) is 4.56. The van der Waals surface area contributed by atoms with E-state index in [0.29, 0.717) is 0 Å². The zero-order valence-electron chi connectivity index (χ0n) is 6.91. The van der Waals surface area contributed by atoms with Gasteiger partial charge in [0.2, 0.25) is 0 Å². The first-order chi connectivity index (χ1) is 5.12. The van der Waals surface area contributed by atoms with E-state index >= 15 is 0 Å². The molecule has 0 saturated heterocycles. The van der Waals surface area contributed by atoms with E-state index < -0.39 is 4.65 Å². The Morgan fingerprint density at radius 3 is 1.82 bits per heavy atom. The molecule has 0 N–H and O–H groups in total. The Labute approximate surface area is 84.2 Å². The maximum atomic E-state index is 5.46. The average Bonchev–Trinajstić information content (AvgIpc) is 1.97. The molecule has 0 aliphatic rings. The van der Waals surface area contributed by atoms with Crippen LogP contribution in [0, 0.1) is 0 Å². The van der Waals surface area contributed by atoms with Gasteiger partial charge < -0.3 is 0 Å². The van der Waals surface area contributed by atoms with Crippen molar-refractivity contribution in [1.82, 2.24) is 0 Å². The van der Waals surface area contributed by atoms with Crippen LogP contribution in [0.4, 0.5) is 0 Å². The first-order valence-electron chi connectivity index (χ1n) is 3.72. The monoisotopic (exact) mass is 309 g/mol. The van der Waals surface area contributed by atoms with Crippen molar-refractivity contribution in [2.75, 3.05) is 13.2 Å². The van der Waals surface area contributed by atoms with Gasteiger partial charge >= 0.3 is 84.3 Å². The van der Waals surface area contributed by atoms with Crippen molar-refractivity contribution in [2.45, 2.75) is 26.7 Å². The van der Waals surface area contributed by atoms with E-state index in [0.717, 1.165) is 26.1 Å².